The molecule has 0 aliphatic rings. The maximum atomic E-state index is 12.1. The smallest absolute Gasteiger partial charge is 0.387 e. The Hall–Kier alpha value is -2.15. The highest BCUT2D eigenvalue weighted by molar-refractivity contribution is 6.31. The number of aromatic nitrogens is 2. The van der Waals surface area contributed by atoms with E-state index in [1.54, 1.807) is 11.6 Å². The number of benzene rings is 1. The first-order chi connectivity index (χ1) is 10.9. The van der Waals surface area contributed by atoms with Crippen LogP contribution in [0.5, 0.6) is 5.75 Å². The van der Waals surface area contributed by atoms with Gasteiger partial charge in [0.25, 0.3) is 0 Å². The number of amides is 1. The van der Waals surface area contributed by atoms with Gasteiger partial charge in [-0.25, -0.2) is 0 Å². The van der Waals surface area contributed by atoms with E-state index in [0.717, 1.165) is 5.69 Å². The minimum atomic E-state index is -2.88. The Labute approximate surface area is 137 Å². The van der Waals surface area contributed by atoms with Crippen LogP contribution in [0.4, 0.5) is 14.5 Å². The molecular formula is C15H16ClF2N3O2. The summed E-state index contributed by atoms with van der Waals surface area (Å²) in [4.78, 5) is 12.0. The topological polar surface area (TPSA) is 56.1 Å². The Balaban J connectivity index is 1.93. The van der Waals surface area contributed by atoms with Crippen LogP contribution in [0, 0.1) is 13.8 Å². The molecule has 5 nitrogen and oxygen atoms in total. The normalized spacial score (nSPS) is 10.9. The molecule has 0 bridgehead atoms. The zero-order valence-electron chi connectivity index (χ0n) is 12.6. The van der Waals surface area contributed by atoms with Gasteiger partial charge in [0, 0.05) is 12.1 Å². The highest BCUT2D eigenvalue weighted by Crippen LogP contribution is 2.23. The van der Waals surface area contributed by atoms with Crippen molar-refractivity contribution >= 4 is 23.2 Å². The number of rotatable bonds is 6. The predicted octanol–water partition coefficient (Wildman–Crippen LogP) is 3.78. The third-order valence-electron chi connectivity index (χ3n) is 3.29. The lowest BCUT2D eigenvalue weighted by Crippen LogP contribution is -2.16. The van der Waals surface area contributed by atoms with Crippen molar-refractivity contribution in [3.63, 3.8) is 0 Å². The molecule has 2 rings (SSSR count). The molecule has 1 heterocycles. The monoisotopic (exact) mass is 343 g/mol. The SMILES string of the molecule is Cc1cc(OC(F)F)ccc1NC(=O)CCn1ncc(Cl)c1C. The highest BCUT2D eigenvalue weighted by atomic mass is 35.5. The largest absolute Gasteiger partial charge is 0.435 e. The number of halogens is 3. The molecule has 0 aliphatic carbocycles. The first-order valence-electron chi connectivity index (χ1n) is 6.90. The number of hydrogen-bond acceptors (Lipinski definition) is 3. The predicted molar refractivity (Wildman–Crippen MR) is 83.0 cm³/mol. The maximum Gasteiger partial charge on any atom is 0.387 e. The van der Waals surface area contributed by atoms with Gasteiger partial charge in [0.05, 0.1) is 23.5 Å². The van der Waals surface area contributed by atoms with Crippen molar-refractivity contribution in [1.29, 1.82) is 0 Å². The zero-order chi connectivity index (χ0) is 17.0. The Kier molecular flexibility index (Phi) is 5.54. The van der Waals surface area contributed by atoms with E-state index >= 15 is 0 Å². The number of alkyl halides is 2. The molecule has 0 fully saturated rings. The highest BCUT2D eigenvalue weighted by Gasteiger charge is 2.10. The van der Waals surface area contributed by atoms with Crippen molar-refractivity contribution in [1.82, 2.24) is 9.78 Å². The summed E-state index contributed by atoms with van der Waals surface area (Å²) in [6.07, 6.45) is 1.74. The lowest BCUT2D eigenvalue weighted by molar-refractivity contribution is -0.116. The summed E-state index contributed by atoms with van der Waals surface area (Å²) >= 11 is 5.90. The lowest BCUT2D eigenvalue weighted by atomic mass is 10.2. The summed E-state index contributed by atoms with van der Waals surface area (Å²) in [6.45, 7) is 1.04. The van der Waals surface area contributed by atoms with Crippen molar-refractivity contribution in [3.8, 4) is 5.75 Å². The average Bonchev–Trinajstić information content (AvgIpc) is 2.79. The molecule has 1 amide bonds. The molecule has 124 valence electrons. The van der Waals surface area contributed by atoms with E-state index < -0.39 is 6.61 Å². The number of hydrogen-bond donors (Lipinski definition) is 1. The van der Waals surface area contributed by atoms with E-state index in [2.05, 4.69) is 15.2 Å². The molecule has 0 saturated heterocycles. The molecule has 1 N–H and O–H groups in total. The van der Waals surface area contributed by atoms with Crippen LogP contribution in [0.3, 0.4) is 0 Å². The van der Waals surface area contributed by atoms with E-state index in [9.17, 15) is 13.6 Å². The molecule has 0 atom stereocenters. The van der Waals surface area contributed by atoms with Gasteiger partial charge in [-0.05, 0) is 37.6 Å². The Bertz CT molecular complexity index is 704. The minimum Gasteiger partial charge on any atom is -0.435 e. The third-order valence-corrected chi connectivity index (χ3v) is 3.66. The lowest BCUT2D eigenvalue weighted by Gasteiger charge is -2.11. The van der Waals surface area contributed by atoms with Gasteiger partial charge in [-0.1, -0.05) is 11.6 Å². The van der Waals surface area contributed by atoms with Crippen LogP contribution >= 0.6 is 11.6 Å². The van der Waals surface area contributed by atoms with Crippen molar-refractivity contribution < 1.29 is 18.3 Å². The molecule has 0 aliphatic heterocycles. The number of nitrogens with zero attached hydrogens (tertiary/aromatic N) is 2. The summed E-state index contributed by atoms with van der Waals surface area (Å²) in [7, 11) is 0. The van der Waals surface area contributed by atoms with Crippen LogP contribution in [0.1, 0.15) is 17.7 Å². The molecule has 0 radical (unpaired) electrons. The molecule has 23 heavy (non-hydrogen) atoms. The van der Waals surface area contributed by atoms with Crippen LogP contribution in [0.2, 0.25) is 5.02 Å². The van der Waals surface area contributed by atoms with Gasteiger partial charge in [0.1, 0.15) is 5.75 Å². The Morgan fingerprint density at radius 3 is 2.74 bits per heavy atom. The summed E-state index contributed by atoms with van der Waals surface area (Å²) in [5, 5.41) is 7.35. The van der Waals surface area contributed by atoms with Gasteiger partial charge in [0.15, 0.2) is 0 Å². The number of anilines is 1. The van der Waals surface area contributed by atoms with Gasteiger partial charge in [-0.15, -0.1) is 0 Å². The third kappa shape index (κ3) is 4.66. The number of ether oxygens (including phenoxy) is 1. The molecule has 1 aromatic heterocycles. The van der Waals surface area contributed by atoms with E-state index in [4.69, 9.17) is 11.6 Å². The first-order valence-corrected chi connectivity index (χ1v) is 7.28. The van der Waals surface area contributed by atoms with E-state index in [0.29, 0.717) is 22.8 Å². The van der Waals surface area contributed by atoms with Crippen LogP contribution in [-0.4, -0.2) is 22.3 Å². The number of aryl methyl sites for hydroxylation is 2. The fraction of sp³-hybridized carbons (Fsp3) is 0.333. The second-order valence-electron chi connectivity index (χ2n) is 4.95. The molecule has 0 unspecified atom stereocenters. The van der Waals surface area contributed by atoms with E-state index in [-0.39, 0.29) is 18.1 Å². The molecule has 2 aromatic rings. The summed E-state index contributed by atoms with van der Waals surface area (Å²) in [6, 6.07) is 4.35. The Morgan fingerprint density at radius 2 is 2.17 bits per heavy atom. The van der Waals surface area contributed by atoms with Crippen LogP contribution < -0.4 is 10.1 Å². The fourth-order valence-corrected chi connectivity index (χ4v) is 2.16. The fourth-order valence-electron chi connectivity index (χ4n) is 2.02. The number of nitrogens with one attached hydrogen (secondary N) is 1. The van der Waals surface area contributed by atoms with E-state index in [1.165, 1.54) is 24.4 Å². The van der Waals surface area contributed by atoms with Crippen molar-refractivity contribution in [2.45, 2.75) is 33.4 Å². The first kappa shape index (κ1) is 17.2. The summed E-state index contributed by atoms with van der Waals surface area (Å²) in [5.41, 5.74) is 1.98. The van der Waals surface area contributed by atoms with E-state index in [1.807, 2.05) is 6.92 Å². The molecule has 8 heteroatoms. The van der Waals surface area contributed by atoms with Crippen LogP contribution in [0.15, 0.2) is 24.4 Å². The molecule has 1 aromatic carbocycles. The number of carbonyl (C=O) groups is 1. The number of carbonyl (C=O) groups excluding carboxylic acids is 1. The Morgan fingerprint density at radius 1 is 1.43 bits per heavy atom. The summed E-state index contributed by atoms with van der Waals surface area (Å²) < 4.78 is 30.3. The van der Waals surface area contributed by atoms with Gasteiger partial charge >= 0.3 is 6.61 Å². The maximum absolute atomic E-state index is 12.1. The second-order valence-corrected chi connectivity index (χ2v) is 5.36. The van der Waals surface area contributed by atoms with Crippen molar-refractivity contribution in [2.24, 2.45) is 0 Å². The van der Waals surface area contributed by atoms with Crippen LogP contribution in [-0.2, 0) is 11.3 Å². The van der Waals surface area contributed by atoms with Crippen LogP contribution in [0.25, 0.3) is 0 Å². The standard InChI is InChI=1S/C15H16ClF2N3O2/c1-9-7-11(23-15(17)18)3-4-13(9)20-14(22)5-6-21-10(2)12(16)8-19-21/h3-4,7-8,15H,5-6H2,1-2H3,(H,20,22). The van der Waals surface area contributed by atoms with Crippen molar-refractivity contribution in [2.75, 3.05) is 5.32 Å². The summed E-state index contributed by atoms with van der Waals surface area (Å²) in [5.74, 6) is -0.154. The molecular weight excluding hydrogens is 328 g/mol. The zero-order valence-corrected chi connectivity index (χ0v) is 13.4. The van der Waals surface area contributed by atoms with Crippen molar-refractivity contribution in [3.05, 3.63) is 40.7 Å². The minimum absolute atomic E-state index is 0.0531. The quantitative estimate of drug-likeness (QED) is 0.868. The van der Waals surface area contributed by atoms with Gasteiger partial charge in [0.2, 0.25) is 5.91 Å². The molecule has 0 spiro atoms. The van der Waals surface area contributed by atoms with Gasteiger partial charge < -0.3 is 10.1 Å². The molecule has 0 saturated carbocycles. The average molecular weight is 344 g/mol. The van der Waals surface area contributed by atoms with Gasteiger partial charge in [-0.2, -0.15) is 13.9 Å². The van der Waals surface area contributed by atoms with Gasteiger partial charge in [-0.3, -0.25) is 9.48 Å². The second kappa shape index (κ2) is 7.41.